The van der Waals surface area contributed by atoms with Crippen LogP contribution in [0.2, 0.25) is 0 Å². The van der Waals surface area contributed by atoms with Gasteiger partial charge in [-0.1, -0.05) is 48.0 Å². The van der Waals surface area contributed by atoms with Crippen molar-refractivity contribution in [2.45, 2.75) is 20.4 Å². The number of carbonyl (C=O) groups excluding carboxylic acids is 1. The van der Waals surface area contributed by atoms with Gasteiger partial charge in [-0.25, -0.2) is 0 Å². The van der Waals surface area contributed by atoms with Gasteiger partial charge in [0.25, 0.3) is 11.5 Å². The molecule has 4 nitrogen and oxygen atoms in total. The maximum atomic E-state index is 12.5. The lowest BCUT2D eigenvalue weighted by molar-refractivity contribution is 0.102. The van der Waals surface area contributed by atoms with Crippen LogP contribution in [0, 0.1) is 13.8 Å². The molecule has 3 rings (SSSR count). The summed E-state index contributed by atoms with van der Waals surface area (Å²) in [4.78, 5) is 24.6. The minimum absolute atomic E-state index is 0.132. The van der Waals surface area contributed by atoms with E-state index in [-0.39, 0.29) is 11.5 Å². The number of nitrogens with one attached hydrogen (secondary N) is 1. The number of pyridine rings is 1. The molecule has 1 amide bonds. The van der Waals surface area contributed by atoms with E-state index >= 15 is 0 Å². The van der Waals surface area contributed by atoms with Crippen LogP contribution in [0.5, 0.6) is 0 Å². The van der Waals surface area contributed by atoms with Gasteiger partial charge < -0.3 is 9.88 Å². The zero-order valence-electron chi connectivity index (χ0n) is 14.3. The van der Waals surface area contributed by atoms with Crippen molar-refractivity contribution < 1.29 is 4.79 Å². The van der Waals surface area contributed by atoms with Crippen molar-refractivity contribution in [1.82, 2.24) is 4.57 Å². The summed E-state index contributed by atoms with van der Waals surface area (Å²) < 4.78 is 1.55. The first-order valence-corrected chi connectivity index (χ1v) is 8.16. The van der Waals surface area contributed by atoms with Crippen LogP contribution in [0.3, 0.4) is 0 Å². The highest BCUT2D eigenvalue weighted by Gasteiger charge is 2.10. The van der Waals surface area contributed by atoms with E-state index in [0.29, 0.717) is 12.1 Å². The number of hydrogen-bond donors (Lipinski definition) is 1. The van der Waals surface area contributed by atoms with E-state index in [1.807, 2.05) is 62.4 Å². The van der Waals surface area contributed by atoms with E-state index in [0.717, 1.165) is 22.4 Å². The summed E-state index contributed by atoms with van der Waals surface area (Å²) >= 11 is 0. The number of aromatic nitrogens is 1. The standard InChI is InChI=1S/C21H20N2O2/c1-15-8-10-19(16(2)12-15)22-21(25)18-9-11-20(24)23(14-18)13-17-6-4-3-5-7-17/h3-12,14H,13H2,1-2H3,(H,22,25). The van der Waals surface area contributed by atoms with Crippen LogP contribution >= 0.6 is 0 Å². The van der Waals surface area contributed by atoms with Gasteiger partial charge in [0.15, 0.2) is 0 Å². The summed E-state index contributed by atoms with van der Waals surface area (Å²) in [6.45, 7) is 4.40. The van der Waals surface area contributed by atoms with Crippen LogP contribution in [0.4, 0.5) is 5.69 Å². The monoisotopic (exact) mass is 332 g/mol. The second kappa shape index (κ2) is 7.18. The van der Waals surface area contributed by atoms with Crippen molar-refractivity contribution in [3.8, 4) is 0 Å². The molecular weight excluding hydrogens is 312 g/mol. The summed E-state index contributed by atoms with van der Waals surface area (Å²) in [7, 11) is 0. The average molecular weight is 332 g/mol. The minimum Gasteiger partial charge on any atom is -0.322 e. The molecule has 0 aliphatic rings. The fraction of sp³-hybridized carbons (Fsp3) is 0.143. The third-order valence-electron chi connectivity index (χ3n) is 4.07. The molecule has 0 radical (unpaired) electrons. The Morgan fingerprint density at radius 3 is 2.48 bits per heavy atom. The summed E-state index contributed by atoms with van der Waals surface area (Å²) in [5.41, 5.74) is 4.26. The molecule has 0 aliphatic heterocycles. The maximum Gasteiger partial charge on any atom is 0.257 e. The Balaban J connectivity index is 1.83. The highest BCUT2D eigenvalue weighted by Crippen LogP contribution is 2.17. The van der Waals surface area contributed by atoms with Gasteiger partial charge in [-0.2, -0.15) is 0 Å². The van der Waals surface area contributed by atoms with E-state index in [2.05, 4.69) is 5.32 Å². The van der Waals surface area contributed by atoms with E-state index in [9.17, 15) is 9.59 Å². The second-order valence-corrected chi connectivity index (χ2v) is 6.14. The summed E-state index contributed by atoms with van der Waals surface area (Å²) in [6, 6.07) is 18.5. The molecule has 0 saturated heterocycles. The van der Waals surface area contributed by atoms with Gasteiger partial charge in [0, 0.05) is 18.0 Å². The largest absolute Gasteiger partial charge is 0.322 e. The lowest BCUT2D eigenvalue weighted by Crippen LogP contribution is -2.22. The van der Waals surface area contributed by atoms with Crippen LogP contribution in [-0.4, -0.2) is 10.5 Å². The van der Waals surface area contributed by atoms with Crippen LogP contribution in [0.1, 0.15) is 27.0 Å². The number of aryl methyl sites for hydroxylation is 2. The molecule has 4 heteroatoms. The van der Waals surface area contributed by atoms with Gasteiger partial charge in [-0.15, -0.1) is 0 Å². The number of anilines is 1. The van der Waals surface area contributed by atoms with Crippen molar-refractivity contribution in [2.75, 3.05) is 5.32 Å². The van der Waals surface area contributed by atoms with Crippen LogP contribution in [-0.2, 0) is 6.54 Å². The van der Waals surface area contributed by atoms with Crippen LogP contribution in [0.25, 0.3) is 0 Å². The molecule has 0 fully saturated rings. The Labute approximate surface area is 146 Å². The minimum atomic E-state index is -0.228. The molecule has 126 valence electrons. The molecule has 2 aromatic carbocycles. The number of amides is 1. The summed E-state index contributed by atoms with van der Waals surface area (Å²) in [5.74, 6) is -0.228. The molecule has 3 aromatic rings. The highest BCUT2D eigenvalue weighted by atomic mass is 16.2. The maximum absolute atomic E-state index is 12.5. The van der Waals surface area contributed by atoms with Gasteiger partial charge in [0.05, 0.1) is 12.1 Å². The zero-order valence-corrected chi connectivity index (χ0v) is 14.3. The van der Waals surface area contributed by atoms with Crippen molar-refractivity contribution in [3.05, 3.63) is 99.5 Å². The number of benzene rings is 2. The van der Waals surface area contributed by atoms with Gasteiger partial charge >= 0.3 is 0 Å². The molecule has 0 saturated carbocycles. The van der Waals surface area contributed by atoms with E-state index < -0.39 is 0 Å². The first-order chi connectivity index (χ1) is 12.0. The van der Waals surface area contributed by atoms with Gasteiger partial charge in [0.1, 0.15) is 0 Å². The molecule has 0 unspecified atom stereocenters. The lowest BCUT2D eigenvalue weighted by Gasteiger charge is -2.11. The van der Waals surface area contributed by atoms with Crippen LogP contribution < -0.4 is 10.9 Å². The number of hydrogen-bond acceptors (Lipinski definition) is 2. The van der Waals surface area contributed by atoms with Crippen molar-refractivity contribution in [1.29, 1.82) is 0 Å². The average Bonchev–Trinajstić information content (AvgIpc) is 2.60. The summed E-state index contributed by atoms with van der Waals surface area (Å²) in [6.07, 6.45) is 1.61. The Bertz CT molecular complexity index is 959. The topological polar surface area (TPSA) is 51.1 Å². The fourth-order valence-corrected chi connectivity index (χ4v) is 2.72. The highest BCUT2D eigenvalue weighted by molar-refractivity contribution is 6.04. The normalized spacial score (nSPS) is 10.5. The molecule has 1 heterocycles. The predicted octanol–water partition coefficient (Wildman–Crippen LogP) is 3.77. The molecule has 1 aromatic heterocycles. The quantitative estimate of drug-likeness (QED) is 0.791. The predicted molar refractivity (Wildman–Crippen MR) is 100 cm³/mol. The van der Waals surface area contributed by atoms with Crippen molar-refractivity contribution in [3.63, 3.8) is 0 Å². The molecule has 1 N–H and O–H groups in total. The Morgan fingerprint density at radius 2 is 1.76 bits per heavy atom. The third kappa shape index (κ3) is 4.04. The molecule has 25 heavy (non-hydrogen) atoms. The first-order valence-electron chi connectivity index (χ1n) is 8.16. The van der Waals surface area contributed by atoms with Gasteiger partial charge in [0.2, 0.25) is 0 Å². The Kier molecular flexibility index (Phi) is 4.80. The number of nitrogens with zero attached hydrogens (tertiary/aromatic N) is 1. The second-order valence-electron chi connectivity index (χ2n) is 6.14. The number of carbonyl (C=O) groups is 1. The SMILES string of the molecule is Cc1ccc(NC(=O)c2ccc(=O)n(Cc3ccccc3)c2)c(C)c1. The zero-order chi connectivity index (χ0) is 17.8. The van der Waals surface area contributed by atoms with Gasteiger partial charge in [-0.3, -0.25) is 9.59 Å². The fourth-order valence-electron chi connectivity index (χ4n) is 2.72. The van der Waals surface area contributed by atoms with Crippen molar-refractivity contribution >= 4 is 11.6 Å². The lowest BCUT2D eigenvalue weighted by atomic mass is 10.1. The molecule has 0 atom stereocenters. The molecule has 0 bridgehead atoms. The summed E-state index contributed by atoms with van der Waals surface area (Å²) in [5, 5.41) is 2.91. The smallest absolute Gasteiger partial charge is 0.257 e. The van der Waals surface area contributed by atoms with E-state index in [1.54, 1.807) is 16.8 Å². The van der Waals surface area contributed by atoms with E-state index in [1.165, 1.54) is 6.07 Å². The molecule has 0 aliphatic carbocycles. The van der Waals surface area contributed by atoms with Gasteiger partial charge in [-0.05, 0) is 37.1 Å². The van der Waals surface area contributed by atoms with Crippen molar-refractivity contribution in [2.24, 2.45) is 0 Å². The third-order valence-corrected chi connectivity index (χ3v) is 4.07. The van der Waals surface area contributed by atoms with Crippen LogP contribution in [0.15, 0.2) is 71.7 Å². The Morgan fingerprint density at radius 1 is 1.00 bits per heavy atom. The molecule has 0 spiro atoms. The molecular formula is C21H20N2O2. The number of rotatable bonds is 4. The van der Waals surface area contributed by atoms with E-state index in [4.69, 9.17) is 0 Å². The first kappa shape index (κ1) is 16.7. The Hall–Kier alpha value is -3.14.